The Morgan fingerprint density at radius 3 is 2.50 bits per heavy atom. The first-order chi connectivity index (χ1) is 9.72. The highest BCUT2D eigenvalue weighted by atomic mass is 16.5. The number of ether oxygens (including phenoxy) is 1. The van der Waals surface area contributed by atoms with Crippen molar-refractivity contribution in [2.75, 3.05) is 11.4 Å². The number of benzene rings is 1. The fourth-order valence-electron chi connectivity index (χ4n) is 2.77. The van der Waals surface area contributed by atoms with Gasteiger partial charge in [-0.1, -0.05) is 25.1 Å². The number of rotatable bonds is 4. The SMILES string of the molecule is CCNCc1ccccc1N1C(=O)C2CCC(O2)C1=O. The van der Waals surface area contributed by atoms with E-state index in [0.717, 1.165) is 12.1 Å². The normalized spacial score (nSPS) is 25.4. The maximum atomic E-state index is 12.4. The van der Waals surface area contributed by atoms with Gasteiger partial charge in [0.1, 0.15) is 12.2 Å². The zero-order valence-corrected chi connectivity index (χ0v) is 11.5. The predicted octanol–water partition coefficient (Wildman–Crippen LogP) is 1.22. The molecule has 3 rings (SSSR count). The second kappa shape index (κ2) is 5.34. The van der Waals surface area contributed by atoms with Gasteiger partial charge in [0.25, 0.3) is 11.8 Å². The number of carbonyl (C=O) groups is 2. The third kappa shape index (κ3) is 2.13. The number of hydrogen-bond acceptors (Lipinski definition) is 4. The van der Waals surface area contributed by atoms with Crippen LogP contribution >= 0.6 is 0 Å². The van der Waals surface area contributed by atoms with Crippen LogP contribution in [0.2, 0.25) is 0 Å². The van der Waals surface area contributed by atoms with E-state index in [9.17, 15) is 9.59 Å². The van der Waals surface area contributed by atoms with Crippen molar-refractivity contribution in [2.45, 2.75) is 38.5 Å². The molecule has 1 aromatic carbocycles. The molecule has 2 unspecified atom stereocenters. The number of fused-ring (bicyclic) bond motifs is 2. The number of anilines is 1. The molecular formula is C15H18N2O3. The van der Waals surface area contributed by atoms with Crippen LogP contribution in [0.5, 0.6) is 0 Å². The number of nitrogens with one attached hydrogen (secondary N) is 1. The smallest absolute Gasteiger partial charge is 0.262 e. The number of amides is 2. The molecule has 0 saturated carbocycles. The van der Waals surface area contributed by atoms with Gasteiger partial charge in [-0.2, -0.15) is 0 Å². The van der Waals surface area contributed by atoms with Crippen molar-refractivity contribution in [3.05, 3.63) is 29.8 Å². The van der Waals surface area contributed by atoms with Gasteiger partial charge < -0.3 is 10.1 Å². The van der Waals surface area contributed by atoms with Gasteiger partial charge in [-0.15, -0.1) is 0 Å². The van der Waals surface area contributed by atoms with Crippen LogP contribution in [-0.4, -0.2) is 30.6 Å². The fourth-order valence-corrected chi connectivity index (χ4v) is 2.77. The van der Waals surface area contributed by atoms with Gasteiger partial charge in [-0.05, 0) is 31.0 Å². The van der Waals surface area contributed by atoms with Gasteiger partial charge in [0, 0.05) is 6.54 Å². The summed E-state index contributed by atoms with van der Waals surface area (Å²) in [6, 6.07) is 7.53. The lowest BCUT2D eigenvalue weighted by atomic mass is 10.1. The van der Waals surface area contributed by atoms with Crippen LogP contribution in [0, 0.1) is 0 Å². The van der Waals surface area contributed by atoms with Crippen molar-refractivity contribution in [3.63, 3.8) is 0 Å². The van der Waals surface area contributed by atoms with Gasteiger partial charge in [0.15, 0.2) is 0 Å². The Labute approximate surface area is 117 Å². The number of para-hydroxylation sites is 1. The molecule has 2 saturated heterocycles. The van der Waals surface area contributed by atoms with E-state index < -0.39 is 12.2 Å². The van der Waals surface area contributed by atoms with Crippen molar-refractivity contribution in [1.29, 1.82) is 0 Å². The topological polar surface area (TPSA) is 58.6 Å². The number of carbonyl (C=O) groups excluding carboxylic acids is 2. The lowest BCUT2D eigenvalue weighted by molar-refractivity contribution is -0.146. The van der Waals surface area contributed by atoms with E-state index in [1.807, 2.05) is 31.2 Å². The average Bonchev–Trinajstić information content (AvgIpc) is 2.91. The minimum atomic E-state index is -0.454. The molecule has 2 atom stereocenters. The molecule has 5 heteroatoms. The Hall–Kier alpha value is -1.72. The summed E-state index contributed by atoms with van der Waals surface area (Å²) in [4.78, 5) is 26.1. The maximum Gasteiger partial charge on any atom is 0.262 e. The molecule has 1 N–H and O–H groups in total. The molecule has 2 heterocycles. The molecule has 2 fully saturated rings. The lowest BCUT2D eigenvalue weighted by Crippen LogP contribution is -2.52. The monoisotopic (exact) mass is 274 g/mol. The highest BCUT2D eigenvalue weighted by Crippen LogP contribution is 2.33. The van der Waals surface area contributed by atoms with Crippen LogP contribution < -0.4 is 10.2 Å². The van der Waals surface area contributed by atoms with Crippen molar-refractivity contribution in [3.8, 4) is 0 Å². The quantitative estimate of drug-likeness (QED) is 0.839. The van der Waals surface area contributed by atoms with Crippen molar-refractivity contribution in [2.24, 2.45) is 0 Å². The zero-order chi connectivity index (χ0) is 14.1. The van der Waals surface area contributed by atoms with Crippen LogP contribution in [0.25, 0.3) is 0 Å². The molecule has 20 heavy (non-hydrogen) atoms. The minimum absolute atomic E-state index is 0.229. The van der Waals surface area contributed by atoms with E-state index in [0.29, 0.717) is 25.1 Å². The Morgan fingerprint density at radius 1 is 1.20 bits per heavy atom. The number of morpholine rings is 1. The van der Waals surface area contributed by atoms with Gasteiger partial charge in [-0.3, -0.25) is 9.59 Å². The standard InChI is InChI=1S/C15H18N2O3/c1-2-16-9-10-5-3-4-6-11(10)17-14(18)12-7-8-13(20-12)15(17)19/h3-6,12-13,16H,2,7-9H2,1H3. The van der Waals surface area contributed by atoms with E-state index >= 15 is 0 Å². The second-order valence-corrected chi connectivity index (χ2v) is 5.11. The molecule has 0 radical (unpaired) electrons. The number of hydrogen-bond donors (Lipinski definition) is 1. The van der Waals surface area contributed by atoms with Crippen LogP contribution in [0.4, 0.5) is 5.69 Å². The summed E-state index contributed by atoms with van der Waals surface area (Å²) >= 11 is 0. The van der Waals surface area contributed by atoms with Crippen LogP contribution in [0.1, 0.15) is 25.3 Å². The van der Waals surface area contributed by atoms with E-state index in [1.54, 1.807) is 0 Å². The summed E-state index contributed by atoms with van der Waals surface area (Å²) in [5.74, 6) is -0.458. The van der Waals surface area contributed by atoms with Crippen LogP contribution in [-0.2, 0) is 20.9 Å². The number of nitrogens with zero attached hydrogens (tertiary/aromatic N) is 1. The maximum absolute atomic E-state index is 12.4. The van der Waals surface area contributed by atoms with E-state index in [4.69, 9.17) is 4.74 Å². The summed E-state index contributed by atoms with van der Waals surface area (Å²) in [5.41, 5.74) is 1.64. The molecular weight excluding hydrogens is 256 g/mol. The molecule has 0 aromatic heterocycles. The lowest BCUT2D eigenvalue weighted by Gasteiger charge is -2.31. The number of imide groups is 1. The first-order valence-electron chi connectivity index (χ1n) is 7.04. The summed E-state index contributed by atoms with van der Waals surface area (Å²) in [6.07, 6.45) is 0.372. The van der Waals surface area contributed by atoms with Crippen molar-refractivity contribution >= 4 is 17.5 Å². The van der Waals surface area contributed by atoms with Crippen molar-refractivity contribution < 1.29 is 14.3 Å². The predicted molar refractivity (Wildman–Crippen MR) is 74.2 cm³/mol. The second-order valence-electron chi connectivity index (χ2n) is 5.11. The Kier molecular flexibility index (Phi) is 3.54. The summed E-state index contributed by atoms with van der Waals surface area (Å²) in [7, 11) is 0. The van der Waals surface area contributed by atoms with Gasteiger partial charge in [0.05, 0.1) is 5.69 Å². The minimum Gasteiger partial charge on any atom is -0.355 e. The first-order valence-corrected chi connectivity index (χ1v) is 7.04. The highest BCUT2D eigenvalue weighted by Gasteiger charge is 2.47. The van der Waals surface area contributed by atoms with Gasteiger partial charge in [0.2, 0.25) is 0 Å². The summed E-state index contributed by atoms with van der Waals surface area (Å²) < 4.78 is 5.44. The van der Waals surface area contributed by atoms with E-state index in [-0.39, 0.29) is 11.8 Å². The Bertz CT molecular complexity index is 522. The van der Waals surface area contributed by atoms with Crippen LogP contribution in [0.15, 0.2) is 24.3 Å². The molecule has 2 bridgehead atoms. The molecule has 2 amide bonds. The van der Waals surface area contributed by atoms with Crippen molar-refractivity contribution in [1.82, 2.24) is 5.32 Å². The molecule has 106 valence electrons. The molecule has 0 aliphatic carbocycles. The fraction of sp³-hybridized carbons (Fsp3) is 0.467. The largest absolute Gasteiger partial charge is 0.355 e. The van der Waals surface area contributed by atoms with Gasteiger partial charge >= 0.3 is 0 Å². The van der Waals surface area contributed by atoms with Crippen LogP contribution in [0.3, 0.4) is 0 Å². The first kappa shape index (κ1) is 13.3. The van der Waals surface area contributed by atoms with Gasteiger partial charge in [-0.25, -0.2) is 4.90 Å². The zero-order valence-electron chi connectivity index (χ0n) is 11.5. The molecule has 0 spiro atoms. The molecule has 1 aromatic rings. The molecule has 2 aliphatic rings. The summed E-state index contributed by atoms with van der Waals surface area (Å²) in [6.45, 7) is 3.50. The van der Waals surface area contributed by atoms with E-state index in [1.165, 1.54) is 4.90 Å². The highest BCUT2D eigenvalue weighted by molar-refractivity contribution is 6.20. The third-order valence-corrected chi connectivity index (χ3v) is 3.81. The molecule has 2 aliphatic heterocycles. The summed E-state index contributed by atoms with van der Waals surface area (Å²) in [5, 5.41) is 3.23. The average molecular weight is 274 g/mol. The Morgan fingerprint density at radius 2 is 1.85 bits per heavy atom. The molecule has 5 nitrogen and oxygen atoms in total. The third-order valence-electron chi connectivity index (χ3n) is 3.81. The van der Waals surface area contributed by atoms with E-state index in [2.05, 4.69) is 5.32 Å². The Balaban J connectivity index is 1.95.